The molecule has 0 N–H and O–H groups in total. The lowest BCUT2D eigenvalue weighted by Crippen LogP contribution is -2.24. The molecule has 1 aliphatic rings. The van der Waals surface area contributed by atoms with E-state index in [1.807, 2.05) is 0 Å². The van der Waals surface area contributed by atoms with Gasteiger partial charge in [-0.2, -0.15) is 0 Å². The number of nitrogens with zero attached hydrogens (tertiary/aromatic N) is 1. The lowest BCUT2D eigenvalue weighted by molar-refractivity contribution is 0.324. The minimum absolute atomic E-state index is 0.713. The third kappa shape index (κ3) is 1.33. The first-order valence-corrected chi connectivity index (χ1v) is 3.61. The van der Waals surface area contributed by atoms with E-state index in [1.54, 1.807) is 0 Å². The average Bonchev–Trinajstić information content (AvgIpc) is 2.10. The van der Waals surface area contributed by atoms with Crippen molar-refractivity contribution >= 4 is 0 Å². The van der Waals surface area contributed by atoms with Crippen LogP contribution in [0.5, 0.6) is 0 Å². The van der Waals surface area contributed by atoms with Crippen LogP contribution in [0.4, 0.5) is 0 Å². The smallest absolute Gasteiger partial charge is 0.0278 e. The Kier molecular flexibility index (Phi) is 1.91. The molecule has 52 valence electrons. The van der Waals surface area contributed by atoms with Gasteiger partial charge >= 0.3 is 0 Å². The van der Waals surface area contributed by atoms with Crippen molar-refractivity contribution in [3.05, 3.63) is 11.6 Å². The van der Waals surface area contributed by atoms with Gasteiger partial charge in [0.05, 0.1) is 0 Å². The van der Waals surface area contributed by atoms with Gasteiger partial charge in [-0.15, -0.1) is 0 Å². The predicted molar refractivity (Wildman–Crippen MR) is 40.5 cm³/mol. The molecule has 1 heteroatoms. The van der Waals surface area contributed by atoms with Gasteiger partial charge in [-0.25, -0.2) is 0 Å². The topological polar surface area (TPSA) is 3.24 Å². The molecule has 0 radical (unpaired) electrons. The minimum atomic E-state index is 0.713. The Morgan fingerprint density at radius 3 is 2.67 bits per heavy atom. The molecule has 0 bridgehead atoms. The Balaban J connectivity index is 2.53. The molecule has 0 aromatic heterocycles. The fourth-order valence-electron chi connectivity index (χ4n) is 1.45. The van der Waals surface area contributed by atoms with Crippen molar-refractivity contribution < 1.29 is 0 Å². The van der Waals surface area contributed by atoms with Crippen molar-refractivity contribution in [1.82, 2.24) is 4.90 Å². The molecule has 1 aliphatic heterocycles. The molecule has 0 aliphatic carbocycles. The average molecular weight is 125 g/mol. The van der Waals surface area contributed by atoms with E-state index in [0.29, 0.717) is 6.04 Å². The minimum Gasteiger partial charge on any atom is -0.296 e. The monoisotopic (exact) mass is 125 g/mol. The van der Waals surface area contributed by atoms with E-state index < -0.39 is 0 Å². The summed E-state index contributed by atoms with van der Waals surface area (Å²) in [6, 6.07) is 0.713. The first-order valence-electron chi connectivity index (χ1n) is 3.61. The van der Waals surface area contributed by atoms with Crippen molar-refractivity contribution in [2.24, 2.45) is 0 Å². The van der Waals surface area contributed by atoms with Crippen LogP contribution in [0.25, 0.3) is 0 Å². The summed E-state index contributed by atoms with van der Waals surface area (Å²) in [5, 5.41) is 0. The molecule has 1 atom stereocenters. The molecule has 0 amide bonds. The van der Waals surface area contributed by atoms with Crippen LogP contribution in [0.2, 0.25) is 0 Å². The Labute approximate surface area is 57.4 Å². The van der Waals surface area contributed by atoms with Crippen LogP contribution in [0.3, 0.4) is 0 Å². The summed E-state index contributed by atoms with van der Waals surface area (Å²) in [6.45, 7) is 5.60. The molecule has 1 unspecified atom stereocenters. The second kappa shape index (κ2) is 2.53. The van der Waals surface area contributed by atoms with E-state index in [1.165, 1.54) is 18.5 Å². The van der Waals surface area contributed by atoms with E-state index in [-0.39, 0.29) is 0 Å². The number of rotatable bonds is 1. The van der Waals surface area contributed by atoms with E-state index in [9.17, 15) is 0 Å². The Hall–Kier alpha value is -0.300. The molecule has 0 saturated heterocycles. The van der Waals surface area contributed by atoms with Gasteiger partial charge in [-0.1, -0.05) is 18.6 Å². The number of hydrogen-bond acceptors (Lipinski definition) is 1. The zero-order chi connectivity index (χ0) is 6.85. The first kappa shape index (κ1) is 6.81. The fourth-order valence-corrected chi connectivity index (χ4v) is 1.45. The maximum Gasteiger partial charge on any atom is 0.0278 e. The normalized spacial score (nSPS) is 28.8. The highest BCUT2D eigenvalue weighted by Gasteiger charge is 2.15. The van der Waals surface area contributed by atoms with Crippen LogP contribution in [0.1, 0.15) is 20.3 Å². The van der Waals surface area contributed by atoms with Crippen molar-refractivity contribution in [1.29, 1.82) is 0 Å². The SMILES string of the molecule is CCC1C=C(C)CN1C. The second-order valence-corrected chi connectivity index (χ2v) is 2.90. The molecule has 0 saturated carbocycles. The summed E-state index contributed by atoms with van der Waals surface area (Å²) in [4.78, 5) is 2.38. The quantitative estimate of drug-likeness (QED) is 0.482. The van der Waals surface area contributed by atoms with Crippen LogP contribution >= 0.6 is 0 Å². The molecule has 9 heavy (non-hydrogen) atoms. The Bertz CT molecular complexity index is 127. The summed E-state index contributed by atoms with van der Waals surface area (Å²) in [7, 11) is 2.18. The summed E-state index contributed by atoms with van der Waals surface area (Å²) >= 11 is 0. The molecule has 0 aromatic rings. The van der Waals surface area contributed by atoms with Gasteiger partial charge in [0.2, 0.25) is 0 Å². The third-order valence-corrected chi connectivity index (χ3v) is 1.96. The largest absolute Gasteiger partial charge is 0.296 e. The van der Waals surface area contributed by atoms with Crippen LogP contribution in [0.15, 0.2) is 11.6 Å². The molecule has 0 fully saturated rings. The van der Waals surface area contributed by atoms with E-state index in [0.717, 1.165) is 0 Å². The van der Waals surface area contributed by atoms with Crippen LogP contribution in [-0.2, 0) is 0 Å². The number of hydrogen-bond donors (Lipinski definition) is 0. The molecule has 1 nitrogen and oxygen atoms in total. The number of likely N-dealkylation sites (N-methyl/N-ethyl adjacent to an activating group) is 1. The highest BCUT2D eigenvalue weighted by molar-refractivity contribution is 5.12. The van der Waals surface area contributed by atoms with Gasteiger partial charge in [0.1, 0.15) is 0 Å². The summed E-state index contributed by atoms with van der Waals surface area (Å²) in [6.07, 6.45) is 3.60. The van der Waals surface area contributed by atoms with Crippen molar-refractivity contribution in [2.75, 3.05) is 13.6 Å². The van der Waals surface area contributed by atoms with E-state index in [2.05, 4.69) is 31.9 Å². The maximum atomic E-state index is 2.38. The van der Waals surface area contributed by atoms with Gasteiger partial charge < -0.3 is 0 Å². The maximum absolute atomic E-state index is 2.38. The predicted octanol–water partition coefficient (Wildman–Crippen LogP) is 1.66. The van der Waals surface area contributed by atoms with Crippen LogP contribution in [-0.4, -0.2) is 24.5 Å². The zero-order valence-corrected chi connectivity index (χ0v) is 6.52. The fraction of sp³-hybridized carbons (Fsp3) is 0.750. The van der Waals surface area contributed by atoms with Crippen LogP contribution in [0, 0.1) is 0 Å². The van der Waals surface area contributed by atoms with Gasteiger partial charge in [0, 0.05) is 12.6 Å². The summed E-state index contributed by atoms with van der Waals surface area (Å²) in [5.41, 5.74) is 1.52. The Morgan fingerprint density at radius 2 is 2.44 bits per heavy atom. The van der Waals surface area contributed by atoms with Crippen molar-refractivity contribution in [2.45, 2.75) is 26.3 Å². The van der Waals surface area contributed by atoms with E-state index >= 15 is 0 Å². The van der Waals surface area contributed by atoms with Gasteiger partial charge in [-0.05, 0) is 20.4 Å². The summed E-state index contributed by atoms with van der Waals surface area (Å²) in [5.74, 6) is 0. The highest BCUT2D eigenvalue weighted by atomic mass is 15.1. The second-order valence-electron chi connectivity index (χ2n) is 2.90. The molecule has 1 heterocycles. The molecule has 1 rings (SSSR count). The third-order valence-electron chi connectivity index (χ3n) is 1.96. The lowest BCUT2D eigenvalue weighted by Gasteiger charge is -2.16. The molecular weight excluding hydrogens is 110 g/mol. The first-order chi connectivity index (χ1) is 4.24. The standard InChI is InChI=1S/C8H15N/c1-4-8-5-7(2)6-9(8)3/h5,8H,4,6H2,1-3H3. The molecule has 0 spiro atoms. The highest BCUT2D eigenvalue weighted by Crippen LogP contribution is 2.15. The Morgan fingerprint density at radius 1 is 1.78 bits per heavy atom. The van der Waals surface area contributed by atoms with Gasteiger partial charge in [0.25, 0.3) is 0 Å². The lowest BCUT2D eigenvalue weighted by atomic mass is 10.2. The van der Waals surface area contributed by atoms with Crippen molar-refractivity contribution in [3.63, 3.8) is 0 Å². The van der Waals surface area contributed by atoms with Crippen molar-refractivity contribution in [3.8, 4) is 0 Å². The zero-order valence-electron chi connectivity index (χ0n) is 6.52. The van der Waals surface area contributed by atoms with Gasteiger partial charge in [-0.3, -0.25) is 4.90 Å². The van der Waals surface area contributed by atoms with Crippen LogP contribution < -0.4 is 0 Å². The molecular formula is C8H15N. The molecule has 0 aromatic carbocycles. The summed E-state index contributed by atoms with van der Waals surface area (Å²) < 4.78 is 0. The van der Waals surface area contributed by atoms with Gasteiger partial charge in [0.15, 0.2) is 0 Å². The van der Waals surface area contributed by atoms with E-state index in [4.69, 9.17) is 0 Å².